The largest absolute Gasteiger partial charge is 1.00 e. The number of amides is 1. The summed E-state index contributed by atoms with van der Waals surface area (Å²) in [5.41, 5.74) is 0. The first-order valence-electron chi connectivity index (χ1n) is 13.7. The molecule has 0 aliphatic heterocycles. The zero-order valence-electron chi connectivity index (χ0n) is 28.9. The Morgan fingerprint density at radius 2 is 1.72 bits per heavy atom. The molecule has 0 aromatic carbocycles. The molecule has 0 fully saturated rings. The fourth-order valence-corrected chi connectivity index (χ4v) is 0.602. The van der Waals surface area contributed by atoms with Crippen molar-refractivity contribution in [3.05, 3.63) is 0 Å². The van der Waals surface area contributed by atoms with Gasteiger partial charge >= 0.3 is 29.6 Å². The molecule has 4 nitrogen and oxygen atoms in total. The normalized spacial score (nSPS) is 32.4. The van der Waals surface area contributed by atoms with Gasteiger partial charge in [-0.3, -0.25) is 4.79 Å². The number of carboxylic acid groups (broad SMARTS) is 1. The van der Waals surface area contributed by atoms with E-state index in [4.69, 9.17) is 26.0 Å². The molecule has 0 heterocycles. The molecule has 0 aliphatic rings. The van der Waals surface area contributed by atoms with Crippen LogP contribution in [-0.2, 0) is 9.59 Å². The second kappa shape index (κ2) is 13.4. The average Bonchev–Trinajstić information content (AvgIpc) is 2.64. The van der Waals surface area contributed by atoms with Crippen LogP contribution in [0.5, 0.6) is 0 Å². The summed E-state index contributed by atoms with van der Waals surface area (Å²) < 4.78 is 146. The molecule has 0 saturated carbocycles. The third-order valence-corrected chi connectivity index (χ3v) is 1.26. The summed E-state index contributed by atoms with van der Waals surface area (Å²) >= 11 is 0. The van der Waals surface area contributed by atoms with Gasteiger partial charge in [0.25, 0.3) is 0 Å². The first-order chi connectivity index (χ1) is 15.2. The zero-order chi connectivity index (χ0) is 29.9. The minimum absolute atomic E-state index is 0. The van der Waals surface area contributed by atoms with Crippen LogP contribution in [0.2, 0.25) is 0 Å². The van der Waals surface area contributed by atoms with E-state index in [0.717, 1.165) is 0 Å². The molecular weight excluding hydrogens is 241 g/mol. The van der Waals surface area contributed by atoms with Crippen LogP contribution < -0.4 is 34.7 Å². The third-order valence-electron chi connectivity index (χ3n) is 1.26. The van der Waals surface area contributed by atoms with Crippen molar-refractivity contribution in [1.29, 1.82) is 0 Å². The molecule has 1 amide bonds. The summed E-state index contributed by atoms with van der Waals surface area (Å²) in [4.78, 5) is 23.1. The van der Waals surface area contributed by atoms with Gasteiger partial charge in [0.2, 0.25) is 5.91 Å². The SMILES string of the molecule is [2H]C([2H])([2H])C([2H])([2H])C([2H])([2H])C([2H])([2H])C([2H])([2H])C([2H])([2H])C([2H])([2H])C([2H])([2H])C([2H])([2H])C(=O)N(C)CC(=O)[O-].[Na+]. The Bertz CT molecular complexity index is 868. The summed E-state index contributed by atoms with van der Waals surface area (Å²) in [6.45, 7) is -5.24. The molecule has 0 aromatic heterocycles. The number of aliphatic carboxylic acids is 1. The first-order valence-corrected chi connectivity index (χ1v) is 4.20. The average molecular weight is 284 g/mol. The first kappa shape index (κ1) is 4.22. The zero-order valence-corrected chi connectivity index (χ0v) is 11.9. The van der Waals surface area contributed by atoms with Crippen LogP contribution in [0.15, 0.2) is 0 Å². The topological polar surface area (TPSA) is 60.4 Å². The summed E-state index contributed by atoms with van der Waals surface area (Å²) in [6.07, 6.45) is -35.6. The van der Waals surface area contributed by atoms with E-state index in [1.165, 1.54) is 0 Å². The van der Waals surface area contributed by atoms with E-state index >= 15 is 0 Å². The van der Waals surface area contributed by atoms with E-state index in [1.54, 1.807) is 0 Å². The van der Waals surface area contributed by atoms with Crippen LogP contribution in [0.4, 0.5) is 0 Å². The number of rotatable bonds is 10. The molecule has 0 unspecified atom stereocenters. The molecule has 0 aliphatic carbocycles. The molecule has 0 aromatic rings. The van der Waals surface area contributed by atoms with Gasteiger partial charge in [0.05, 0.1) is 12.5 Å². The van der Waals surface area contributed by atoms with E-state index < -0.39 is 76.3 Å². The maximum atomic E-state index is 12.4. The Labute approximate surface area is 159 Å². The van der Waals surface area contributed by atoms with Gasteiger partial charge in [0.1, 0.15) is 0 Å². The monoisotopic (exact) mass is 284 g/mol. The minimum Gasteiger partial charge on any atom is -0.548 e. The molecule has 0 saturated heterocycles. The van der Waals surface area contributed by atoms with Gasteiger partial charge in [0, 0.05) is 39.5 Å². The van der Waals surface area contributed by atoms with Gasteiger partial charge in [-0.1, -0.05) is 45.1 Å². The van der Waals surface area contributed by atoms with Crippen LogP contribution in [0.3, 0.4) is 0 Å². The Morgan fingerprint density at radius 3 is 2.28 bits per heavy atom. The van der Waals surface area contributed by atoms with Crippen LogP contribution in [0.25, 0.3) is 0 Å². The van der Waals surface area contributed by atoms with E-state index in [9.17, 15) is 14.7 Å². The van der Waals surface area contributed by atoms with Gasteiger partial charge in [-0.25, -0.2) is 0 Å². The van der Waals surface area contributed by atoms with Crippen LogP contribution >= 0.6 is 0 Å². The number of carboxylic acids is 1. The second-order valence-electron chi connectivity index (χ2n) is 2.53. The predicted molar refractivity (Wildman–Crippen MR) is 65.3 cm³/mol. The van der Waals surface area contributed by atoms with Gasteiger partial charge in [0.15, 0.2) is 0 Å². The van der Waals surface area contributed by atoms with Crippen LogP contribution in [0.1, 0.15) is 83.9 Å². The Morgan fingerprint density at radius 1 is 1.17 bits per heavy atom. The Kier molecular flexibility index (Phi) is 3.13. The van der Waals surface area contributed by atoms with E-state index in [-0.39, 0.29) is 34.5 Å². The van der Waals surface area contributed by atoms with Crippen LogP contribution in [0, 0.1) is 0 Å². The van der Waals surface area contributed by atoms with Gasteiger partial charge in [-0.05, 0) is 6.37 Å². The fourth-order valence-electron chi connectivity index (χ4n) is 0.602. The van der Waals surface area contributed by atoms with Crippen molar-refractivity contribution in [3.63, 3.8) is 0 Å². The molecule has 0 atom stereocenters. The summed E-state index contributed by atoms with van der Waals surface area (Å²) in [7, 11) is 0.652. The Hall–Kier alpha value is -0.0600. The smallest absolute Gasteiger partial charge is 0.548 e. The van der Waals surface area contributed by atoms with Crippen molar-refractivity contribution in [2.45, 2.75) is 57.8 Å². The van der Waals surface area contributed by atoms with Gasteiger partial charge in [-0.2, -0.15) is 0 Å². The number of nitrogens with zero attached hydrogens (tertiary/aromatic N) is 1. The number of likely N-dealkylation sites (N-methyl/N-ethyl adjacent to an activating group) is 1. The van der Waals surface area contributed by atoms with Crippen molar-refractivity contribution in [2.24, 2.45) is 0 Å². The van der Waals surface area contributed by atoms with Crippen molar-refractivity contribution in [1.82, 2.24) is 4.90 Å². The van der Waals surface area contributed by atoms with E-state index in [1.807, 2.05) is 0 Å². The third kappa shape index (κ3) is 12.4. The molecule has 18 heavy (non-hydrogen) atoms. The maximum Gasteiger partial charge on any atom is 1.00 e. The van der Waals surface area contributed by atoms with Crippen molar-refractivity contribution < 1.29 is 70.3 Å². The van der Waals surface area contributed by atoms with Gasteiger partial charge < -0.3 is 14.8 Å². The number of hydrogen-bond donors (Lipinski definition) is 0. The molecule has 0 rings (SSSR count). The van der Waals surface area contributed by atoms with Gasteiger partial charge in [-0.15, -0.1) is 0 Å². The molecule has 0 radical (unpaired) electrons. The number of carbonyl (C=O) groups excluding carboxylic acids is 2. The second-order valence-corrected chi connectivity index (χ2v) is 2.53. The quantitative estimate of drug-likeness (QED) is 0.451. The molecule has 5 heteroatoms. The summed E-state index contributed by atoms with van der Waals surface area (Å²) in [6, 6.07) is 0. The molecule has 100 valence electrons. The van der Waals surface area contributed by atoms with Crippen molar-refractivity contribution >= 4 is 11.9 Å². The molecule has 0 spiro atoms. The fraction of sp³-hybridized carbons (Fsp3) is 0.846. The Balaban J connectivity index is 0. The number of carbonyl (C=O) groups is 2. The van der Waals surface area contributed by atoms with Crippen molar-refractivity contribution in [2.75, 3.05) is 13.6 Å². The van der Waals surface area contributed by atoms with E-state index in [2.05, 4.69) is 0 Å². The predicted octanol–water partition coefficient (Wildman–Crippen LogP) is -1.66. The maximum absolute atomic E-state index is 12.4. The molecule has 0 bridgehead atoms. The molecular formula is C13H24NNaO3. The standard InChI is InChI=1S/C13H25NO3.Na/c1-3-4-5-6-7-8-9-10-12(15)14(2)11-13(16)17;/h3-11H2,1-2H3,(H,16,17);/q;+1/p-1/i1D3,3D2,4D2,5D2,6D2,7D2,8D2,9D2,10D2;. The number of hydrogen-bond acceptors (Lipinski definition) is 3. The summed E-state index contributed by atoms with van der Waals surface area (Å²) in [5, 5.41) is 10.7. The van der Waals surface area contributed by atoms with Crippen LogP contribution in [-0.4, -0.2) is 30.4 Å². The molecule has 0 N–H and O–H groups in total. The summed E-state index contributed by atoms with van der Waals surface area (Å²) in [5.74, 6) is -3.98. The van der Waals surface area contributed by atoms with Crippen molar-refractivity contribution in [3.8, 4) is 0 Å². The minimum atomic E-state index is -4.63. The van der Waals surface area contributed by atoms with E-state index in [0.29, 0.717) is 7.05 Å².